The molecular formula is C15H16FNOS. The van der Waals surface area contributed by atoms with Gasteiger partial charge in [-0.15, -0.1) is 11.3 Å². The van der Waals surface area contributed by atoms with E-state index in [9.17, 15) is 9.50 Å². The lowest BCUT2D eigenvalue weighted by Gasteiger charge is -2.29. The van der Waals surface area contributed by atoms with Crippen LogP contribution in [0.4, 0.5) is 10.1 Å². The van der Waals surface area contributed by atoms with Gasteiger partial charge in [-0.25, -0.2) is 4.39 Å². The van der Waals surface area contributed by atoms with E-state index in [4.69, 9.17) is 0 Å². The zero-order valence-corrected chi connectivity index (χ0v) is 11.6. The Bertz CT molecular complexity index is 594. The van der Waals surface area contributed by atoms with Crippen molar-refractivity contribution in [1.82, 2.24) is 0 Å². The Morgan fingerprint density at radius 3 is 2.95 bits per heavy atom. The van der Waals surface area contributed by atoms with Crippen molar-refractivity contribution in [2.24, 2.45) is 0 Å². The molecule has 100 valence electrons. The van der Waals surface area contributed by atoms with E-state index in [2.05, 4.69) is 16.3 Å². The van der Waals surface area contributed by atoms with Gasteiger partial charge < -0.3 is 10.0 Å². The van der Waals surface area contributed by atoms with Crippen molar-refractivity contribution in [3.63, 3.8) is 0 Å². The second-order valence-corrected chi connectivity index (χ2v) is 5.93. The number of anilines is 1. The van der Waals surface area contributed by atoms with Gasteiger partial charge in [-0.1, -0.05) is 6.07 Å². The Labute approximate surface area is 116 Å². The molecule has 0 fully saturated rings. The van der Waals surface area contributed by atoms with Crippen molar-refractivity contribution in [2.75, 3.05) is 11.4 Å². The second-order valence-electron chi connectivity index (χ2n) is 4.93. The van der Waals surface area contributed by atoms with E-state index in [0.29, 0.717) is 11.3 Å². The van der Waals surface area contributed by atoms with Crippen LogP contribution < -0.4 is 4.90 Å². The zero-order chi connectivity index (χ0) is 13.4. The summed E-state index contributed by atoms with van der Waals surface area (Å²) in [6, 6.07) is 7.12. The van der Waals surface area contributed by atoms with Gasteiger partial charge >= 0.3 is 0 Å². The number of halogens is 1. The van der Waals surface area contributed by atoms with E-state index in [1.54, 1.807) is 30.4 Å². The minimum Gasteiger partial charge on any atom is -0.389 e. The Morgan fingerprint density at radius 2 is 2.21 bits per heavy atom. The zero-order valence-electron chi connectivity index (χ0n) is 10.8. The summed E-state index contributed by atoms with van der Waals surface area (Å²) in [6.45, 7) is 3.26. The highest BCUT2D eigenvalue weighted by Crippen LogP contribution is 2.30. The van der Waals surface area contributed by atoms with E-state index in [1.807, 2.05) is 0 Å². The van der Waals surface area contributed by atoms with E-state index in [1.165, 1.54) is 16.5 Å². The minimum atomic E-state index is -0.631. The van der Waals surface area contributed by atoms with Gasteiger partial charge in [-0.3, -0.25) is 0 Å². The number of hydrogen-bond donors (Lipinski definition) is 1. The highest BCUT2D eigenvalue weighted by Gasteiger charge is 2.20. The SMILES string of the molecule is CC(O)c1ccc(N2CCc3sccc3C2)c(F)c1. The molecule has 1 atom stereocenters. The Morgan fingerprint density at radius 1 is 1.37 bits per heavy atom. The van der Waals surface area contributed by atoms with Gasteiger partial charge in [0.2, 0.25) is 0 Å². The number of aliphatic hydroxyl groups excluding tert-OH is 1. The van der Waals surface area contributed by atoms with Crippen LogP contribution in [0, 0.1) is 5.82 Å². The van der Waals surface area contributed by atoms with Gasteiger partial charge in [0.25, 0.3) is 0 Å². The summed E-state index contributed by atoms with van der Waals surface area (Å²) in [5, 5.41) is 11.6. The summed E-state index contributed by atoms with van der Waals surface area (Å²) in [4.78, 5) is 3.48. The highest BCUT2D eigenvalue weighted by molar-refractivity contribution is 7.10. The fraction of sp³-hybridized carbons (Fsp3) is 0.333. The van der Waals surface area contributed by atoms with Gasteiger partial charge in [0, 0.05) is 18.0 Å². The molecule has 0 saturated heterocycles. The van der Waals surface area contributed by atoms with Crippen LogP contribution in [0.5, 0.6) is 0 Å². The first-order valence-electron chi connectivity index (χ1n) is 6.43. The monoisotopic (exact) mass is 277 g/mol. The van der Waals surface area contributed by atoms with Crippen LogP contribution in [-0.2, 0) is 13.0 Å². The molecule has 0 amide bonds. The van der Waals surface area contributed by atoms with Crippen LogP contribution in [-0.4, -0.2) is 11.7 Å². The molecule has 0 spiro atoms. The first-order chi connectivity index (χ1) is 9.15. The van der Waals surface area contributed by atoms with E-state index < -0.39 is 6.10 Å². The molecule has 2 nitrogen and oxygen atoms in total. The first kappa shape index (κ1) is 12.6. The van der Waals surface area contributed by atoms with Crippen molar-refractivity contribution in [2.45, 2.75) is 26.0 Å². The van der Waals surface area contributed by atoms with E-state index in [-0.39, 0.29) is 5.82 Å². The number of hydrogen-bond acceptors (Lipinski definition) is 3. The molecular weight excluding hydrogens is 261 g/mol. The average molecular weight is 277 g/mol. The van der Waals surface area contributed by atoms with Crippen molar-refractivity contribution >= 4 is 17.0 Å². The van der Waals surface area contributed by atoms with Crippen molar-refractivity contribution in [1.29, 1.82) is 0 Å². The molecule has 1 aliphatic heterocycles. The number of fused-ring (bicyclic) bond motifs is 1. The van der Waals surface area contributed by atoms with Crippen molar-refractivity contribution < 1.29 is 9.50 Å². The van der Waals surface area contributed by atoms with Crippen LogP contribution in [0.1, 0.15) is 29.0 Å². The van der Waals surface area contributed by atoms with Crippen LogP contribution in [0.15, 0.2) is 29.6 Å². The average Bonchev–Trinajstić information content (AvgIpc) is 2.85. The third kappa shape index (κ3) is 2.38. The number of nitrogens with zero attached hydrogens (tertiary/aromatic N) is 1. The summed E-state index contributed by atoms with van der Waals surface area (Å²) < 4.78 is 14.1. The molecule has 0 bridgehead atoms. The maximum atomic E-state index is 14.1. The smallest absolute Gasteiger partial charge is 0.146 e. The molecule has 1 N–H and O–H groups in total. The predicted octanol–water partition coefficient (Wildman–Crippen LogP) is 3.50. The maximum Gasteiger partial charge on any atom is 0.146 e. The van der Waals surface area contributed by atoms with Crippen LogP contribution in [0.2, 0.25) is 0 Å². The van der Waals surface area contributed by atoms with E-state index in [0.717, 1.165) is 19.5 Å². The third-order valence-electron chi connectivity index (χ3n) is 3.60. The lowest BCUT2D eigenvalue weighted by atomic mass is 10.1. The molecule has 1 aliphatic rings. The molecule has 2 heterocycles. The lowest BCUT2D eigenvalue weighted by Crippen LogP contribution is -2.30. The molecule has 2 aromatic rings. The number of benzene rings is 1. The normalized spacial score (nSPS) is 16.3. The fourth-order valence-corrected chi connectivity index (χ4v) is 3.38. The summed E-state index contributed by atoms with van der Waals surface area (Å²) >= 11 is 1.78. The third-order valence-corrected chi connectivity index (χ3v) is 4.63. The number of aliphatic hydroxyl groups is 1. The fourth-order valence-electron chi connectivity index (χ4n) is 2.49. The Hall–Kier alpha value is -1.39. The van der Waals surface area contributed by atoms with Gasteiger partial charge in [0.1, 0.15) is 5.82 Å². The largest absolute Gasteiger partial charge is 0.389 e. The molecule has 0 saturated carbocycles. The predicted molar refractivity (Wildman–Crippen MR) is 76.1 cm³/mol. The van der Waals surface area contributed by atoms with E-state index >= 15 is 0 Å². The lowest BCUT2D eigenvalue weighted by molar-refractivity contribution is 0.199. The summed E-state index contributed by atoms with van der Waals surface area (Å²) in [6.07, 6.45) is 0.346. The van der Waals surface area contributed by atoms with Crippen molar-refractivity contribution in [3.05, 3.63) is 51.5 Å². The first-order valence-corrected chi connectivity index (χ1v) is 7.31. The number of thiophene rings is 1. The molecule has 1 unspecified atom stereocenters. The van der Waals surface area contributed by atoms with Gasteiger partial charge in [-0.05, 0) is 48.1 Å². The van der Waals surface area contributed by atoms with Crippen LogP contribution in [0.25, 0.3) is 0 Å². The second kappa shape index (κ2) is 4.94. The van der Waals surface area contributed by atoms with Crippen molar-refractivity contribution in [3.8, 4) is 0 Å². The van der Waals surface area contributed by atoms with Crippen LogP contribution in [0.3, 0.4) is 0 Å². The topological polar surface area (TPSA) is 23.5 Å². The number of rotatable bonds is 2. The molecule has 0 aliphatic carbocycles. The van der Waals surface area contributed by atoms with Gasteiger partial charge in [0.05, 0.1) is 11.8 Å². The Balaban J connectivity index is 1.88. The quantitative estimate of drug-likeness (QED) is 0.908. The Kier molecular flexibility index (Phi) is 3.29. The molecule has 19 heavy (non-hydrogen) atoms. The van der Waals surface area contributed by atoms with Gasteiger partial charge in [-0.2, -0.15) is 0 Å². The minimum absolute atomic E-state index is 0.253. The summed E-state index contributed by atoms with van der Waals surface area (Å²) in [5.74, 6) is -0.253. The standard InChI is InChI=1S/C15H16FNOS/c1-10(18)11-2-3-14(13(16)8-11)17-6-4-15-12(9-17)5-7-19-15/h2-3,5,7-8,10,18H,4,6,9H2,1H3. The van der Waals surface area contributed by atoms with Gasteiger partial charge in [0.15, 0.2) is 0 Å². The van der Waals surface area contributed by atoms with Crippen LogP contribution >= 0.6 is 11.3 Å². The molecule has 4 heteroatoms. The molecule has 0 radical (unpaired) electrons. The maximum absolute atomic E-state index is 14.1. The molecule has 1 aromatic heterocycles. The molecule has 1 aromatic carbocycles. The summed E-state index contributed by atoms with van der Waals surface area (Å²) in [7, 11) is 0. The summed E-state index contributed by atoms with van der Waals surface area (Å²) in [5.41, 5.74) is 2.55. The molecule has 3 rings (SSSR count). The highest BCUT2D eigenvalue weighted by atomic mass is 32.1.